The summed E-state index contributed by atoms with van der Waals surface area (Å²) in [5, 5.41) is 0.470. The van der Waals surface area contributed by atoms with Gasteiger partial charge in [0.15, 0.2) is 0 Å². The predicted octanol–water partition coefficient (Wildman–Crippen LogP) is 4.56. The fourth-order valence-corrected chi connectivity index (χ4v) is 3.85. The lowest BCUT2D eigenvalue weighted by Gasteiger charge is -2.19. The minimum absolute atomic E-state index is 0.0197. The van der Waals surface area contributed by atoms with Gasteiger partial charge in [0.2, 0.25) is 20.9 Å². The molecule has 31 heavy (non-hydrogen) atoms. The molecule has 1 heterocycles. The number of halogens is 2. The smallest absolute Gasteiger partial charge is 0.260 e. The topological polar surface area (TPSA) is 89.5 Å². The van der Waals surface area contributed by atoms with E-state index in [1.807, 2.05) is 19.1 Å². The third kappa shape index (κ3) is 5.72. The summed E-state index contributed by atoms with van der Waals surface area (Å²) >= 11 is 12.1. The molecule has 0 radical (unpaired) electrons. The number of carbonyl (C=O) groups is 1. The third-order valence-corrected chi connectivity index (χ3v) is 5.58. The Labute approximate surface area is 190 Å². The van der Waals surface area contributed by atoms with E-state index in [-0.39, 0.29) is 18.0 Å². The van der Waals surface area contributed by atoms with E-state index < -0.39 is 20.9 Å². The lowest BCUT2D eigenvalue weighted by Crippen LogP contribution is -2.27. The van der Waals surface area contributed by atoms with Crippen LogP contribution in [-0.2, 0) is 16.4 Å². The molecular formula is C21H19Cl2N3O4S. The third-order valence-electron chi connectivity index (χ3n) is 4.28. The fourth-order valence-electron chi connectivity index (χ4n) is 2.78. The minimum atomic E-state index is -3.70. The first-order valence-corrected chi connectivity index (χ1v) is 11.7. The average molecular weight is 480 g/mol. The summed E-state index contributed by atoms with van der Waals surface area (Å²) in [6, 6.07) is 12.1. The Kier molecular flexibility index (Phi) is 6.83. The van der Waals surface area contributed by atoms with Crippen LogP contribution in [0, 0.1) is 6.92 Å². The number of sulfone groups is 1. The summed E-state index contributed by atoms with van der Waals surface area (Å²) in [6.45, 7) is 2.03. The zero-order valence-corrected chi connectivity index (χ0v) is 19.3. The van der Waals surface area contributed by atoms with Crippen LogP contribution in [0.4, 0.5) is 0 Å². The van der Waals surface area contributed by atoms with E-state index in [1.54, 1.807) is 37.4 Å². The molecule has 0 aliphatic rings. The average Bonchev–Trinajstić information content (AvgIpc) is 2.67. The first-order chi connectivity index (χ1) is 14.5. The molecule has 0 saturated carbocycles. The fraction of sp³-hybridized carbons (Fsp3) is 0.190. The van der Waals surface area contributed by atoms with Gasteiger partial charge in [-0.05, 0) is 42.3 Å². The largest absolute Gasteiger partial charge is 0.438 e. The summed E-state index contributed by atoms with van der Waals surface area (Å²) in [7, 11) is -2.12. The van der Waals surface area contributed by atoms with Crippen molar-refractivity contribution >= 4 is 38.9 Å². The van der Waals surface area contributed by atoms with Gasteiger partial charge < -0.3 is 9.64 Å². The predicted molar refractivity (Wildman–Crippen MR) is 119 cm³/mol. The van der Waals surface area contributed by atoms with Crippen molar-refractivity contribution < 1.29 is 17.9 Å². The number of hydrogen-bond donors (Lipinski definition) is 0. The summed E-state index contributed by atoms with van der Waals surface area (Å²) in [5.74, 6) is -0.163. The molecule has 0 atom stereocenters. The number of nitrogens with zero attached hydrogens (tertiary/aromatic N) is 3. The summed E-state index contributed by atoms with van der Waals surface area (Å²) < 4.78 is 29.7. The van der Waals surface area contributed by atoms with Gasteiger partial charge in [-0.15, -0.1) is 0 Å². The Hall–Kier alpha value is -2.68. The summed E-state index contributed by atoms with van der Waals surface area (Å²) in [6.07, 6.45) is 2.14. The molecule has 0 N–H and O–H groups in total. The van der Waals surface area contributed by atoms with Crippen molar-refractivity contribution in [3.05, 3.63) is 75.4 Å². The summed E-state index contributed by atoms with van der Waals surface area (Å²) in [4.78, 5) is 22.4. The highest BCUT2D eigenvalue weighted by atomic mass is 35.5. The van der Waals surface area contributed by atoms with Gasteiger partial charge in [-0.1, -0.05) is 41.4 Å². The maximum absolute atomic E-state index is 13.1. The molecule has 3 rings (SSSR count). The van der Waals surface area contributed by atoms with Gasteiger partial charge in [-0.2, -0.15) is 4.98 Å². The molecule has 2 aromatic carbocycles. The molecule has 0 aliphatic heterocycles. The summed E-state index contributed by atoms with van der Waals surface area (Å²) in [5.41, 5.74) is 1.54. The lowest BCUT2D eigenvalue weighted by molar-refractivity contribution is 0.0780. The van der Waals surface area contributed by atoms with Crippen molar-refractivity contribution in [1.82, 2.24) is 14.9 Å². The normalized spacial score (nSPS) is 11.3. The Morgan fingerprint density at radius 1 is 1.13 bits per heavy atom. The van der Waals surface area contributed by atoms with Crippen molar-refractivity contribution in [3.63, 3.8) is 0 Å². The molecule has 1 aromatic heterocycles. The highest BCUT2D eigenvalue weighted by molar-refractivity contribution is 7.90. The molecule has 0 fully saturated rings. The zero-order chi connectivity index (χ0) is 22.8. The maximum atomic E-state index is 13.1. The van der Waals surface area contributed by atoms with Crippen LogP contribution in [0.2, 0.25) is 10.0 Å². The molecule has 1 amide bonds. The number of hydrogen-bond acceptors (Lipinski definition) is 6. The molecule has 3 aromatic rings. The number of carbonyl (C=O) groups excluding carboxylic acids is 1. The minimum Gasteiger partial charge on any atom is -0.438 e. The van der Waals surface area contributed by atoms with E-state index >= 15 is 0 Å². The molecule has 0 saturated heterocycles. The van der Waals surface area contributed by atoms with Crippen LogP contribution in [-0.4, -0.2) is 42.5 Å². The van der Waals surface area contributed by atoms with Gasteiger partial charge in [0.25, 0.3) is 5.91 Å². The van der Waals surface area contributed by atoms with Gasteiger partial charge in [-0.25, -0.2) is 13.4 Å². The highest BCUT2D eigenvalue weighted by Gasteiger charge is 2.23. The monoisotopic (exact) mass is 479 g/mol. The van der Waals surface area contributed by atoms with Crippen molar-refractivity contribution in [1.29, 1.82) is 0 Å². The Morgan fingerprint density at radius 3 is 2.39 bits per heavy atom. The molecule has 0 bridgehead atoms. The molecule has 0 aliphatic carbocycles. The first-order valence-electron chi connectivity index (χ1n) is 9.05. The lowest BCUT2D eigenvalue weighted by atomic mass is 10.2. The van der Waals surface area contributed by atoms with Crippen molar-refractivity contribution in [2.45, 2.75) is 18.6 Å². The van der Waals surface area contributed by atoms with Crippen LogP contribution in [0.5, 0.6) is 11.6 Å². The van der Waals surface area contributed by atoms with Crippen LogP contribution in [0.3, 0.4) is 0 Å². The molecule has 162 valence electrons. The number of aryl methyl sites for hydroxylation is 1. The van der Waals surface area contributed by atoms with E-state index in [9.17, 15) is 13.2 Å². The van der Waals surface area contributed by atoms with E-state index in [0.717, 1.165) is 23.6 Å². The van der Waals surface area contributed by atoms with Crippen molar-refractivity contribution in [2.24, 2.45) is 0 Å². The SMILES string of the molecule is Cc1ccccc1Oc1nc(S(C)(=O)=O)ncc1C(=O)N(C)Cc1cc(Cl)cc(Cl)c1. The molecule has 10 heteroatoms. The quantitative estimate of drug-likeness (QED) is 0.481. The van der Waals surface area contributed by atoms with E-state index in [4.69, 9.17) is 27.9 Å². The van der Waals surface area contributed by atoms with Crippen molar-refractivity contribution in [2.75, 3.05) is 13.3 Å². The van der Waals surface area contributed by atoms with Crippen molar-refractivity contribution in [3.8, 4) is 11.6 Å². The zero-order valence-electron chi connectivity index (χ0n) is 17.0. The molecule has 7 nitrogen and oxygen atoms in total. The maximum Gasteiger partial charge on any atom is 0.260 e. The first kappa shape index (κ1) is 23.0. The number of para-hydroxylation sites is 1. The Bertz CT molecular complexity index is 1230. The molecular weight excluding hydrogens is 461 g/mol. The van der Waals surface area contributed by atoms with Gasteiger partial charge in [0, 0.05) is 36.1 Å². The number of benzene rings is 2. The van der Waals surface area contributed by atoms with Crippen LogP contribution in [0.25, 0.3) is 0 Å². The van der Waals surface area contributed by atoms with E-state index in [0.29, 0.717) is 15.8 Å². The molecule has 0 unspecified atom stereocenters. The number of amides is 1. The van der Waals surface area contributed by atoms with Gasteiger partial charge in [0.05, 0.1) is 0 Å². The van der Waals surface area contributed by atoms with E-state index in [1.165, 1.54) is 4.90 Å². The second-order valence-electron chi connectivity index (χ2n) is 6.95. The van der Waals surface area contributed by atoms with Gasteiger partial charge in [-0.3, -0.25) is 4.79 Å². The van der Waals surface area contributed by atoms with Crippen LogP contribution in [0.15, 0.2) is 53.8 Å². The Balaban J connectivity index is 1.98. The van der Waals surface area contributed by atoms with Gasteiger partial charge >= 0.3 is 0 Å². The van der Waals surface area contributed by atoms with Crippen LogP contribution in [0.1, 0.15) is 21.5 Å². The van der Waals surface area contributed by atoms with E-state index in [2.05, 4.69) is 9.97 Å². The van der Waals surface area contributed by atoms with Crippen LogP contribution >= 0.6 is 23.2 Å². The number of aromatic nitrogens is 2. The van der Waals surface area contributed by atoms with Crippen LogP contribution < -0.4 is 4.74 Å². The second kappa shape index (κ2) is 9.21. The van der Waals surface area contributed by atoms with Gasteiger partial charge in [0.1, 0.15) is 11.3 Å². The standard InChI is InChI=1S/C21H19Cl2N3O4S/c1-13-6-4-5-7-18(13)30-19-17(11-24-21(25-19)31(3,28)29)20(27)26(2)12-14-8-15(22)10-16(23)9-14/h4-11H,12H2,1-3H3. The highest BCUT2D eigenvalue weighted by Crippen LogP contribution is 2.28. The second-order valence-corrected chi connectivity index (χ2v) is 9.73. The number of rotatable bonds is 6. The Morgan fingerprint density at radius 2 is 1.77 bits per heavy atom. The number of ether oxygens (including phenoxy) is 1. The molecule has 0 spiro atoms.